The smallest absolute Gasteiger partial charge is 0.341 e. The highest BCUT2D eigenvalue weighted by molar-refractivity contribution is 5.73. The molecule has 0 aromatic carbocycles. The van der Waals surface area contributed by atoms with Crippen molar-refractivity contribution in [1.29, 1.82) is 0 Å². The molecule has 1 atom stereocenters. The highest BCUT2D eigenvalue weighted by Gasteiger charge is 2.42. The first-order chi connectivity index (χ1) is 6.69. The molecule has 0 heterocycles. The van der Waals surface area contributed by atoms with Crippen molar-refractivity contribution in [2.75, 3.05) is 0 Å². The molecule has 4 heteroatoms. The second-order valence-electron chi connectivity index (χ2n) is 5.00. The molecule has 0 rings (SSSR count). The topological polar surface area (TPSA) is 57.5 Å². The second-order valence-corrected chi connectivity index (χ2v) is 5.00. The van der Waals surface area contributed by atoms with Crippen molar-refractivity contribution in [3.8, 4) is 0 Å². The molecule has 0 aliphatic rings. The first-order valence-corrected chi connectivity index (χ1v) is 5.28. The quantitative estimate of drug-likeness (QED) is 0.721. The summed E-state index contributed by atoms with van der Waals surface area (Å²) in [5.41, 5.74) is -1.74. The molecular formula is C11H21FO3. The fraction of sp³-hybridized carbons (Fsp3) is 0.909. The van der Waals surface area contributed by atoms with Crippen molar-refractivity contribution in [3.05, 3.63) is 0 Å². The molecule has 0 aliphatic heterocycles. The van der Waals surface area contributed by atoms with Crippen LogP contribution in [0.5, 0.6) is 0 Å². The summed E-state index contributed by atoms with van der Waals surface area (Å²) in [6.07, 6.45) is -1.88. The highest BCUT2D eigenvalue weighted by atomic mass is 19.1. The van der Waals surface area contributed by atoms with E-state index in [9.17, 15) is 14.3 Å². The second kappa shape index (κ2) is 5.45. The summed E-state index contributed by atoms with van der Waals surface area (Å²) in [6.45, 7) is 7.33. The van der Waals surface area contributed by atoms with Gasteiger partial charge in [-0.15, -0.1) is 0 Å². The molecule has 3 nitrogen and oxygen atoms in total. The van der Waals surface area contributed by atoms with Gasteiger partial charge in [-0.3, -0.25) is 0 Å². The van der Waals surface area contributed by atoms with Crippen LogP contribution in [0.1, 0.15) is 40.5 Å². The molecular weight excluding hydrogens is 199 g/mol. The Morgan fingerprint density at radius 2 is 1.53 bits per heavy atom. The van der Waals surface area contributed by atoms with Crippen LogP contribution in [0.2, 0.25) is 0 Å². The predicted octanol–water partition coefficient (Wildman–Crippen LogP) is 2.23. The van der Waals surface area contributed by atoms with Crippen molar-refractivity contribution < 1.29 is 19.4 Å². The van der Waals surface area contributed by atoms with E-state index in [2.05, 4.69) is 0 Å². The molecule has 0 bridgehead atoms. The average molecular weight is 220 g/mol. The first kappa shape index (κ1) is 14.4. The largest absolute Gasteiger partial charge is 0.479 e. The van der Waals surface area contributed by atoms with Gasteiger partial charge in [0.15, 0.2) is 0 Å². The fourth-order valence-electron chi connectivity index (χ4n) is 1.93. The Bertz CT molecular complexity index is 204. The van der Waals surface area contributed by atoms with Crippen LogP contribution in [0.25, 0.3) is 0 Å². The van der Waals surface area contributed by atoms with Crippen LogP contribution < -0.4 is 0 Å². The number of halogens is 1. The minimum absolute atomic E-state index is 0.0614. The normalized spacial score (nSPS) is 14.7. The van der Waals surface area contributed by atoms with Crippen LogP contribution in [0, 0.1) is 11.8 Å². The molecule has 0 aromatic heterocycles. The maximum Gasteiger partial charge on any atom is 0.341 e. The highest BCUT2D eigenvalue weighted by Crippen LogP contribution is 2.30. The van der Waals surface area contributed by atoms with E-state index < -0.39 is 17.7 Å². The third kappa shape index (κ3) is 4.60. The van der Waals surface area contributed by atoms with Crippen LogP contribution in [0.3, 0.4) is 0 Å². The third-order valence-electron chi connectivity index (χ3n) is 2.21. The van der Waals surface area contributed by atoms with Gasteiger partial charge in [-0.2, -0.15) is 0 Å². The Hall–Kier alpha value is -0.640. The minimum Gasteiger partial charge on any atom is -0.479 e. The van der Waals surface area contributed by atoms with Crippen molar-refractivity contribution >= 4 is 5.97 Å². The van der Waals surface area contributed by atoms with Gasteiger partial charge in [-0.1, -0.05) is 27.7 Å². The lowest BCUT2D eigenvalue weighted by atomic mass is 9.81. The van der Waals surface area contributed by atoms with Crippen molar-refractivity contribution in [2.24, 2.45) is 11.8 Å². The lowest BCUT2D eigenvalue weighted by Gasteiger charge is -2.32. The fourth-order valence-corrected chi connectivity index (χ4v) is 1.93. The Morgan fingerprint density at radius 1 is 1.20 bits per heavy atom. The number of carboxylic acids is 1. The third-order valence-corrected chi connectivity index (χ3v) is 2.21. The van der Waals surface area contributed by atoms with Gasteiger partial charge in [0.2, 0.25) is 6.17 Å². The molecule has 1 unspecified atom stereocenters. The molecule has 90 valence electrons. The summed E-state index contributed by atoms with van der Waals surface area (Å²) >= 11 is 0. The molecule has 0 aromatic rings. The monoisotopic (exact) mass is 220 g/mol. The zero-order chi connectivity index (χ0) is 12.2. The summed E-state index contributed by atoms with van der Waals surface area (Å²) in [7, 11) is 0. The molecule has 0 radical (unpaired) electrons. The number of carboxylic acid groups (broad SMARTS) is 1. The van der Waals surface area contributed by atoms with Gasteiger partial charge in [0, 0.05) is 0 Å². The molecule has 0 aliphatic carbocycles. The summed E-state index contributed by atoms with van der Waals surface area (Å²) in [6, 6.07) is 0. The summed E-state index contributed by atoms with van der Waals surface area (Å²) < 4.78 is 13.4. The van der Waals surface area contributed by atoms with E-state index in [4.69, 9.17) is 5.11 Å². The summed E-state index contributed by atoms with van der Waals surface area (Å²) in [5, 5.41) is 18.6. The number of alkyl halides is 1. The Morgan fingerprint density at radius 3 is 1.73 bits per heavy atom. The van der Waals surface area contributed by atoms with E-state index in [0.29, 0.717) is 0 Å². The maximum atomic E-state index is 13.4. The van der Waals surface area contributed by atoms with Crippen molar-refractivity contribution in [2.45, 2.75) is 52.3 Å². The SMILES string of the molecule is CC(C)CC(O)(CC(C)C)C(F)C(=O)O. The van der Waals surface area contributed by atoms with E-state index in [1.807, 2.05) is 27.7 Å². The van der Waals surface area contributed by atoms with Crippen molar-refractivity contribution in [3.63, 3.8) is 0 Å². The van der Waals surface area contributed by atoms with Crippen LogP contribution >= 0.6 is 0 Å². The molecule has 0 saturated heterocycles. The van der Waals surface area contributed by atoms with E-state index in [0.717, 1.165) is 0 Å². The molecule has 2 N–H and O–H groups in total. The Kier molecular flexibility index (Phi) is 5.21. The van der Waals surface area contributed by atoms with E-state index in [1.54, 1.807) is 0 Å². The van der Waals surface area contributed by atoms with E-state index in [-0.39, 0.29) is 24.7 Å². The van der Waals surface area contributed by atoms with Crippen molar-refractivity contribution in [1.82, 2.24) is 0 Å². The Balaban J connectivity index is 4.75. The molecule has 15 heavy (non-hydrogen) atoms. The summed E-state index contributed by atoms with van der Waals surface area (Å²) in [4.78, 5) is 10.6. The zero-order valence-electron chi connectivity index (χ0n) is 9.83. The average Bonchev–Trinajstić information content (AvgIpc) is 1.99. The van der Waals surface area contributed by atoms with Crippen LogP contribution in [-0.4, -0.2) is 28.0 Å². The molecule has 0 saturated carbocycles. The molecule has 0 spiro atoms. The van der Waals surface area contributed by atoms with Gasteiger partial charge in [0.1, 0.15) is 5.60 Å². The number of hydrogen-bond donors (Lipinski definition) is 2. The van der Waals surface area contributed by atoms with Gasteiger partial charge < -0.3 is 10.2 Å². The van der Waals surface area contributed by atoms with Gasteiger partial charge in [-0.05, 0) is 24.7 Å². The lowest BCUT2D eigenvalue weighted by Crippen LogP contribution is -2.46. The molecule has 0 amide bonds. The van der Waals surface area contributed by atoms with Crippen LogP contribution in [-0.2, 0) is 4.79 Å². The van der Waals surface area contributed by atoms with Gasteiger partial charge in [0.05, 0.1) is 0 Å². The number of hydrogen-bond acceptors (Lipinski definition) is 2. The summed E-state index contributed by atoms with van der Waals surface area (Å²) in [5.74, 6) is -1.46. The number of rotatable bonds is 6. The lowest BCUT2D eigenvalue weighted by molar-refractivity contribution is -0.157. The van der Waals surface area contributed by atoms with Crippen LogP contribution in [0.15, 0.2) is 0 Å². The van der Waals surface area contributed by atoms with E-state index >= 15 is 0 Å². The first-order valence-electron chi connectivity index (χ1n) is 5.28. The van der Waals surface area contributed by atoms with Gasteiger partial charge in [-0.25, -0.2) is 9.18 Å². The minimum atomic E-state index is -2.21. The Labute approximate surface area is 90.3 Å². The number of carbonyl (C=O) groups is 1. The maximum absolute atomic E-state index is 13.4. The standard InChI is InChI=1S/C11H21FO3/c1-7(2)5-11(15,6-8(3)4)9(12)10(13)14/h7-9,15H,5-6H2,1-4H3,(H,13,14). The van der Waals surface area contributed by atoms with Gasteiger partial charge in [0.25, 0.3) is 0 Å². The predicted molar refractivity (Wildman–Crippen MR) is 56.4 cm³/mol. The van der Waals surface area contributed by atoms with Crippen LogP contribution in [0.4, 0.5) is 4.39 Å². The molecule has 0 fully saturated rings. The van der Waals surface area contributed by atoms with Gasteiger partial charge >= 0.3 is 5.97 Å². The van der Waals surface area contributed by atoms with E-state index in [1.165, 1.54) is 0 Å². The zero-order valence-corrected chi connectivity index (χ0v) is 9.83. The number of aliphatic hydroxyl groups is 1. The number of aliphatic carboxylic acids is 1.